The van der Waals surface area contributed by atoms with Crippen LogP contribution in [0.2, 0.25) is 0 Å². The van der Waals surface area contributed by atoms with Crippen molar-refractivity contribution in [1.82, 2.24) is 5.32 Å². The van der Waals surface area contributed by atoms with Gasteiger partial charge in [0, 0.05) is 11.4 Å². The van der Waals surface area contributed by atoms with Crippen molar-refractivity contribution in [3.8, 4) is 0 Å². The van der Waals surface area contributed by atoms with Gasteiger partial charge in [-0.25, -0.2) is 0 Å². The molecule has 1 aliphatic carbocycles. The van der Waals surface area contributed by atoms with E-state index in [-0.39, 0.29) is 17.7 Å². The molecule has 24 heavy (non-hydrogen) atoms. The Balaban J connectivity index is 1.82. The zero-order valence-corrected chi connectivity index (χ0v) is 14.8. The fourth-order valence-corrected chi connectivity index (χ4v) is 4.29. The van der Waals surface area contributed by atoms with Gasteiger partial charge in [-0.1, -0.05) is 30.3 Å². The summed E-state index contributed by atoms with van der Waals surface area (Å²) in [4.78, 5) is 25.6. The Hall–Kier alpha value is -1.85. The first-order chi connectivity index (χ1) is 11.7. The van der Waals surface area contributed by atoms with E-state index in [1.807, 2.05) is 30.3 Å². The first-order valence-electron chi connectivity index (χ1n) is 8.01. The quantitative estimate of drug-likeness (QED) is 0.796. The fourth-order valence-electron chi connectivity index (χ4n) is 2.92. The summed E-state index contributed by atoms with van der Waals surface area (Å²) < 4.78 is 0. The molecule has 2 aromatic rings. The predicted molar refractivity (Wildman–Crippen MR) is 97.9 cm³/mol. The minimum Gasteiger partial charge on any atom is -0.348 e. The molecular weight excluding hydrogens is 344 g/mol. The second kappa shape index (κ2) is 7.81. The molecule has 2 N–H and O–H groups in total. The molecule has 0 fully saturated rings. The fraction of sp³-hybridized carbons (Fsp3) is 0.333. The molecular formula is C18H19ClN2O2S. The van der Waals surface area contributed by atoms with Gasteiger partial charge in [0.15, 0.2) is 0 Å². The number of thiophene rings is 1. The van der Waals surface area contributed by atoms with Crippen LogP contribution in [0.15, 0.2) is 30.3 Å². The van der Waals surface area contributed by atoms with Crippen LogP contribution in [0.3, 0.4) is 0 Å². The summed E-state index contributed by atoms with van der Waals surface area (Å²) in [6.45, 7) is 0.465. The zero-order chi connectivity index (χ0) is 16.9. The van der Waals surface area contributed by atoms with Crippen molar-refractivity contribution in [3.63, 3.8) is 0 Å². The molecule has 126 valence electrons. The lowest BCUT2D eigenvalue weighted by molar-refractivity contribution is -0.113. The monoisotopic (exact) mass is 362 g/mol. The summed E-state index contributed by atoms with van der Waals surface area (Å²) in [5, 5.41) is 6.37. The van der Waals surface area contributed by atoms with Gasteiger partial charge in [0.1, 0.15) is 10.9 Å². The molecule has 1 aliphatic rings. The highest BCUT2D eigenvalue weighted by Crippen LogP contribution is 2.38. The van der Waals surface area contributed by atoms with Gasteiger partial charge in [-0.05, 0) is 36.8 Å². The van der Waals surface area contributed by atoms with Crippen LogP contribution >= 0.6 is 22.9 Å². The topological polar surface area (TPSA) is 58.2 Å². The summed E-state index contributed by atoms with van der Waals surface area (Å²) in [6.07, 6.45) is 4.06. The summed E-state index contributed by atoms with van der Waals surface area (Å²) in [5.74, 6) is -0.538. The maximum absolute atomic E-state index is 12.8. The number of aryl methyl sites for hydroxylation is 1. The molecule has 0 atom stereocenters. The van der Waals surface area contributed by atoms with Crippen molar-refractivity contribution in [1.29, 1.82) is 0 Å². The van der Waals surface area contributed by atoms with Crippen LogP contribution in [0.5, 0.6) is 0 Å². The number of halogens is 1. The van der Waals surface area contributed by atoms with Crippen LogP contribution in [0, 0.1) is 0 Å². The molecule has 0 aliphatic heterocycles. The highest BCUT2D eigenvalue weighted by Gasteiger charge is 2.26. The Labute approximate surface area is 150 Å². The minimum atomic E-state index is -0.285. The third-order valence-electron chi connectivity index (χ3n) is 4.07. The summed E-state index contributed by atoms with van der Waals surface area (Å²) in [5.41, 5.74) is 2.74. The molecule has 0 radical (unpaired) electrons. The number of carbonyl (C=O) groups excluding carboxylic acids is 2. The van der Waals surface area contributed by atoms with Crippen LogP contribution in [-0.4, -0.2) is 17.7 Å². The molecule has 6 heteroatoms. The molecule has 4 nitrogen and oxygen atoms in total. The number of anilines is 1. The Bertz CT molecular complexity index is 743. The Morgan fingerprint density at radius 2 is 1.88 bits per heavy atom. The van der Waals surface area contributed by atoms with Gasteiger partial charge in [0.05, 0.1) is 5.56 Å². The SMILES string of the molecule is O=C(CCl)Nc1sc2c(c1C(=O)NCc1ccccc1)CCCC2. The molecule has 1 aromatic heterocycles. The minimum absolute atomic E-state index is 0.117. The van der Waals surface area contributed by atoms with E-state index in [9.17, 15) is 9.59 Å². The maximum atomic E-state index is 12.8. The lowest BCUT2D eigenvalue weighted by atomic mass is 9.95. The molecule has 1 aromatic carbocycles. The molecule has 0 spiro atoms. The molecule has 0 unspecified atom stereocenters. The standard InChI is InChI=1S/C18H19ClN2O2S/c19-10-15(22)21-18-16(13-8-4-5-9-14(13)24-18)17(23)20-11-12-6-2-1-3-7-12/h1-3,6-7H,4-5,8-11H2,(H,20,23)(H,21,22). The highest BCUT2D eigenvalue weighted by atomic mass is 35.5. The number of hydrogen-bond acceptors (Lipinski definition) is 3. The van der Waals surface area contributed by atoms with E-state index >= 15 is 0 Å². The number of carbonyl (C=O) groups is 2. The van der Waals surface area contributed by atoms with Crippen LogP contribution in [0.4, 0.5) is 5.00 Å². The van der Waals surface area contributed by atoms with Crippen molar-refractivity contribution in [2.75, 3.05) is 11.2 Å². The smallest absolute Gasteiger partial charge is 0.254 e. The third-order valence-corrected chi connectivity index (χ3v) is 5.52. The van der Waals surface area contributed by atoms with E-state index in [0.717, 1.165) is 36.8 Å². The van der Waals surface area contributed by atoms with E-state index in [2.05, 4.69) is 10.6 Å². The van der Waals surface area contributed by atoms with Crippen molar-refractivity contribution in [2.24, 2.45) is 0 Å². The van der Waals surface area contributed by atoms with Crippen LogP contribution in [0.1, 0.15) is 39.2 Å². The Morgan fingerprint density at radius 1 is 1.12 bits per heavy atom. The van der Waals surface area contributed by atoms with Crippen molar-refractivity contribution in [2.45, 2.75) is 32.2 Å². The highest BCUT2D eigenvalue weighted by molar-refractivity contribution is 7.17. The molecule has 3 rings (SSSR count). The molecule has 0 saturated heterocycles. The first-order valence-corrected chi connectivity index (χ1v) is 9.36. The van der Waals surface area contributed by atoms with Crippen molar-refractivity contribution in [3.05, 3.63) is 51.9 Å². The molecule has 1 heterocycles. The Kier molecular flexibility index (Phi) is 5.53. The predicted octanol–water partition coefficient (Wildman–Crippen LogP) is 3.73. The number of rotatable bonds is 5. The van der Waals surface area contributed by atoms with Crippen molar-refractivity contribution < 1.29 is 9.59 Å². The number of benzene rings is 1. The van der Waals surface area contributed by atoms with Gasteiger partial charge in [0.25, 0.3) is 5.91 Å². The van der Waals surface area contributed by atoms with Gasteiger partial charge in [-0.3, -0.25) is 9.59 Å². The third kappa shape index (κ3) is 3.79. The second-order valence-corrected chi connectivity index (χ2v) is 7.14. The number of hydrogen-bond donors (Lipinski definition) is 2. The number of fused-ring (bicyclic) bond motifs is 1. The van der Waals surface area contributed by atoms with E-state index in [0.29, 0.717) is 17.1 Å². The zero-order valence-electron chi connectivity index (χ0n) is 13.2. The normalized spacial score (nSPS) is 13.2. The lowest BCUT2D eigenvalue weighted by Crippen LogP contribution is -2.25. The van der Waals surface area contributed by atoms with Gasteiger partial charge < -0.3 is 10.6 Å². The summed E-state index contributed by atoms with van der Waals surface area (Å²) in [7, 11) is 0. The second-order valence-electron chi connectivity index (χ2n) is 5.77. The first kappa shape index (κ1) is 17.0. The lowest BCUT2D eigenvalue weighted by Gasteiger charge is -2.13. The largest absolute Gasteiger partial charge is 0.348 e. The molecule has 2 amide bonds. The van der Waals surface area contributed by atoms with Crippen molar-refractivity contribution >= 4 is 39.8 Å². The van der Waals surface area contributed by atoms with E-state index in [1.165, 1.54) is 16.2 Å². The van der Waals surface area contributed by atoms with Crippen LogP contribution in [-0.2, 0) is 24.2 Å². The summed E-state index contributed by atoms with van der Waals surface area (Å²) >= 11 is 7.10. The van der Waals surface area contributed by atoms with E-state index in [1.54, 1.807) is 0 Å². The van der Waals surface area contributed by atoms with Gasteiger partial charge in [-0.2, -0.15) is 0 Å². The summed E-state index contributed by atoms with van der Waals surface area (Å²) in [6, 6.07) is 9.78. The van der Waals surface area contributed by atoms with E-state index < -0.39 is 0 Å². The van der Waals surface area contributed by atoms with Gasteiger partial charge in [0.2, 0.25) is 5.91 Å². The number of nitrogens with one attached hydrogen (secondary N) is 2. The maximum Gasteiger partial charge on any atom is 0.254 e. The number of amides is 2. The van der Waals surface area contributed by atoms with Crippen LogP contribution in [0.25, 0.3) is 0 Å². The molecule has 0 saturated carbocycles. The van der Waals surface area contributed by atoms with E-state index in [4.69, 9.17) is 11.6 Å². The van der Waals surface area contributed by atoms with Gasteiger partial charge in [-0.15, -0.1) is 22.9 Å². The average molecular weight is 363 g/mol. The average Bonchev–Trinajstić information content (AvgIpc) is 2.98. The number of alkyl halides is 1. The van der Waals surface area contributed by atoms with Gasteiger partial charge >= 0.3 is 0 Å². The molecule has 0 bridgehead atoms. The Morgan fingerprint density at radius 3 is 2.62 bits per heavy atom. The van der Waals surface area contributed by atoms with Crippen LogP contribution < -0.4 is 10.6 Å².